The van der Waals surface area contributed by atoms with E-state index >= 15 is 0 Å². The number of benzene rings is 2. The fourth-order valence-corrected chi connectivity index (χ4v) is 5.17. The summed E-state index contributed by atoms with van der Waals surface area (Å²) < 4.78 is 0. The second-order valence-corrected chi connectivity index (χ2v) is 8.49. The molecule has 1 atom stereocenters. The highest BCUT2D eigenvalue weighted by atomic mass is 16.2. The Morgan fingerprint density at radius 1 is 1.00 bits per heavy atom. The summed E-state index contributed by atoms with van der Waals surface area (Å²) in [5.41, 5.74) is 2.30. The number of fused-ring (bicyclic) bond motifs is 1. The Bertz CT molecular complexity index is 898. The lowest BCUT2D eigenvalue weighted by Gasteiger charge is -2.50. The Labute approximate surface area is 165 Å². The van der Waals surface area contributed by atoms with Gasteiger partial charge < -0.3 is 10.2 Å². The first-order valence-electron chi connectivity index (χ1n) is 10.4. The summed E-state index contributed by atoms with van der Waals surface area (Å²) in [4.78, 5) is 29.0. The molecule has 2 aromatic carbocycles. The Kier molecular flexibility index (Phi) is 4.22. The molecule has 5 rings (SSSR count). The van der Waals surface area contributed by atoms with E-state index in [0.29, 0.717) is 18.2 Å². The van der Waals surface area contributed by atoms with Crippen LogP contribution in [0, 0.1) is 0 Å². The van der Waals surface area contributed by atoms with E-state index in [4.69, 9.17) is 0 Å². The van der Waals surface area contributed by atoms with Gasteiger partial charge in [0.05, 0.1) is 11.5 Å². The minimum absolute atomic E-state index is 0.0665. The molecular formula is C24H26N2O2. The van der Waals surface area contributed by atoms with Crippen LogP contribution in [0.25, 0.3) is 0 Å². The first kappa shape index (κ1) is 17.5. The quantitative estimate of drug-likeness (QED) is 0.879. The molecule has 1 N–H and O–H groups in total. The minimum atomic E-state index is -0.416. The Balaban J connectivity index is 1.62. The molecule has 2 aromatic rings. The molecule has 0 bridgehead atoms. The molecule has 0 saturated heterocycles. The first-order chi connectivity index (χ1) is 13.7. The van der Waals surface area contributed by atoms with Crippen LogP contribution in [0.2, 0.25) is 0 Å². The smallest absolute Gasteiger partial charge is 0.254 e. The molecule has 1 spiro atoms. The zero-order valence-corrected chi connectivity index (χ0v) is 16.1. The lowest BCUT2D eigenvalue weighted by molar-refractivity contribution is -0.126. The lowest BCUT2D eigenvalue weighted by atomic mass is 9.71. The van der Waals surface area contributed by atoms with Crippen LogP contribution in [0.3, 0.4) is 0 Å². The standard InChI is InChI=1S/C24H26N2O2/c27-22(25-18-12-13-18)21-19-10-4-5-11-20(19)23(28)26(24(21)14-6-7-15-24)16-17-8-2-1-3-9-17/h1-5,8-11,18,21H,6-7,12-16H2,(H,25,27)/t21-/m0/s1. The molecular weight excluding hydrogens is 348 g/mol. The molecule has 2 fully saturated rings. The van der Waals surface area contributed by atoms with Crippen molar-refractivity contribution in [3.63, 3.8) is 0 Å². The molecule has 0 aromatic heterocycles. The molecule has 1 aliphatic heterocycles. The van der Waals surface area contributed by atoms with Gasteiger partial charge in [-0.15, -0.1) is 0 Å². The van der Waals surface area contributed by atoms with Crippen molar-refractivity contribution in [2.24, 2.45) is 0 Å². The van der Waals surface area contributed by atoms with Gasteiger partial charge in [0, 0.05) is 18.2 Å². The van der Waals surface area contributed by atoms with Crippen LogP contribution in [-0.4, -0.2) is 28.3 Å². The molecule has 1 heterocycles. The van der Waals surface area contributed by atoms with Crippen molar-refractivity contribution in [1.29, 1.82) is 0 Å². The second-order valence-electron chi connectivity index (χ2n) is 8.49. The van der Waals surface area contributed by atoms with Crippen LogP contribution in [0.1, 0.15) is 65.9 Å². The van der Waals surface area contributed by atoms with Crippen molar-refractivity contribution >= 4 is 11.8 Å². The Hall–Kier alpha value is -2.62. The maximum Gasteiger partial charge on any atom is 0.254 e. The molecule has 2 aliphatic carbocycles. The summed E-state index contributed by atoms with van der Waals surface area (Å²) in [7, 11) is 0. The summed E-state index contributed by atoms with van der Waals surface area (Å²) in [6.07, 6.45) is 6.05. The van der Waals surface area contributed by atoms with Crippen LogP contribution < -0.4 is 5.32 Å². The van der Waals surface area contributed by atoms with Crippen molar-refractivity contribution in [1.82, 2.24) is 10.2 Å². The third-order valence-corrected chi connectivity index (χ3v) is 6.66. The van der Waals surface area contributed by atoms with Crippen LogP contribution in [-0.2, 0) is 11.3 Å². The fraction of sp³-hybridized carbons (Fsp3) is 0.417. The molecule has 0 radical (unpaired) electrons. The van der Waals surface area contributed by atoms with Gasteiger partial charge in [-0.2, -0.15) is 0 Å². The van der Waals surface area contributed by atoms with Crippen molar-refractivity contribution in [3.05, 3.63) is 71.3 Å². The van der Waals surface area contributed by atoms with Crippen LogP contribution in [0.5, 0.6) is 0 Å². The summed E-state index contributed by atoms with van der Waals surface area (Å²) in [6, 6.07) is 18.2. The molecule has 4 heteroatoms. The minimum Gasteiger partial charge on any atom is -0.353 e. The predicted octanol–water partition coefficient (Wildman–Crippen LogP) is 4.02. The van der Waals surface area contributed by atoms with E-state index in [1.54, 1.807) is 0 Å². The number of carbonyl (C=O) groups is 2. The van der Waals surface area contributed by atoms with Crippen LogP contribution >= 0.6 is 0 Å². The highest BCUT2D eigenvalue weighted by Crippen LogP contribution is 2.51. The topological polar surface area (TPSA) is 49.4 Å². The van der Waals surface area contributed by atoms with Crippen LogP contribution in [0.15, 0.2) is 54.6 Å². The van der Waals surface area contributed by atoms with E-state index in [2.05, 4.69) is 17.4 Å². The number of amides is 2. The highest BCUT2D eigenvalue weighted by Gasteiger charge is 2.55. The van der Waals surface area contributed by atoms with Crippen molar-refractivity contribution < 1.29 is 9.59 Å². The van der Waals surface area contributed by atoms with E-state index in [-0.39, 0.29) is 17.7 Å². The predicted molar refractivity (Wildman–Crippen MR) is 108 cm³/mol. The van der Waals surface area contributed by atoms with Gasteiger partial charge in [-0.3, -0.25) is 9.59 Å². The summed E-state index contributed by atoms with van der Waals surface area (Å²) >= 11 is 0. The third-order valence-electron chi connectivity index (χ3n) is 6.66. The highest BCUT2D eigenvalue weighted by molar-refractivity contribution is 6.02. The Morgan fingerprint density at radius 3 is 2.39 bits per heavy atom. The number of rotatable bonds is 4. The van der Waals surface area contributed by atoms with E-state index in [0.717, 1.165) is 49.7 Å². The fourth-order valence-electron chi connectivity index (χ4n) is 5.17. The lowest BCUT2D eigenvalue weighted by Crippen LogP contribution is -2.60. The zero-order valence-electron chi connectivity index (χ0n) is 16.1. The SMILES string of the molecule is O=C(NC1CC1)[C@@H]1c2ccccc2C(=O)N(Cc2ccccc2)C12CCCC2. The number of carbonyl (C=O) groups excluding carboxylic acids is 2. The second kappa shape index (κ2) is 6.77. The van der Waals surface area contributed by atoms with Crippen LogP contribution in [0.4, 0.5) is 0 Å². The van der Waals surface area contributed by atoms with E-state index in [1.807, 2.05) is 47.4 Å². The number of nitrogens with zero attached hydrogens (tertiary/aromatic N) is 1. The molecule has 144 valence electrons. The van der Waals surface area contributed by atoms with Gasteiger partial charge in [-0.25, -0.2) is 0 Å². The van der Waals surface area contributed by atoms with E-state index < -0.39 is 5.54 Å². The maximum absolute atomic E-state index is 13.6. The third kappa shape index (κ3) is 2.83. The van der Waals surface area contributed by atoms with Gasteiger partial charge in [0.25, 0.3) is 5.91 Å². The van der Waals surface area contributed by atoms with Crippen molar-refractivity contribution in [2.75, 3.05) is 0 Å². The number of hydrogen-bond donors (Lipinski definition) is 1. The van der Waals surface area contributed by atoms with Gasteiger partial charge in [-0.1, -0.05) is 61.4 Å². The van der Waals surface area contributed by atoms with Gasteiger partial charge >= 0.3 is 0 Å². The van der Waals surface area contributed by atoms with Gasteiger partial charge in [-0.05, 0) is 42.9 Å². The average Bonchev–Trinajstić information content (AvgIpc) is 3.40. The zero-order chi connectivity index (χ0) is 19.1. The number of hydrogen-bond acceptors (Lipinski definition) is 2. The van der Waals surface area contributed by atoms with Gasteiger partial charge in [0.2, 0.25) is 5.91 Å². The van der Waals surface area contributed by atoms with Crippen molar-refractivity contribution in [3.8, 4) is 0 Å². The van der Waals surface area contributed by atoms with Crippen molar-refractivity contribution in [2.45, 2.75) is 62.6 Å². The summed E-state index contributed by atoms with van der Waals surface area (Å²) in [5.74, 6) is -0.118. The molecule has 0 unspecified atom stereocenters. The van der Waals surface area contributed by atoms with E-state index in [1.165, 1.54) is 0 Å². The van der Waals surface area contributed by atoms with E-state index in [9.17, 15) is 9.59 Å². The summed E-state index contributed by atoms with van der Waals surface area (Å²) in [6.45, 7) is 0.557. The Morgan fingerprint density at radius 2 is 1.68 bits per heavy atom. The van der Waals surface area contributed by atoms with Gasteiger partial charge in [0.1, 0.15) is 0 Å². The van der Waals surface area contributed by atoms with Gasteiger partial charge in [0.15, 0.2) is 0 Å². The average molecular weight is 374 g/mol. The molecule has 2 amide bonds. The molecule has 3 aliphatic rings. The monoisotopic (exact) mass is 374 g/mol. The molecule has 4 nitrogen and oxygen atoms in total. The largest absolute Gasteiger partial charge is 0.353 e. The molecule has 28 heavy (non-hydrogen) atoms. The maximum atomic E-state index is 13.6. The first-order valence-corrected chi connectivity index (χ1v) is 10.4. The molecule has 2 saturated carbocycles. The summed E-state index contributed by atoms with van der Waals surface area (Å²) in [5, 5.41) is 3.24. The normalized spacial score (nSPS) is 22.9. The number of nitrogens with one attached hydrogen (secondary N) is 1.